The number of fused-ring (bicyclic) bond motifs is 1. The normalized spacial score (nSPS) is 47.1. The summed E-state index contributed by atoms with van der Waals surface area (Å²) in [5, 5.41) is 28.3. The zero-order valence-electron chi connectivity index (χ0n) is 10.1. The van der Waals surface area contributed by atoms with E-state index in [1.807, 2.05) is 13.8 Å². The minimum absolute atomic E-state index is 0.465. The Morgan fingerprint density at radius 1 is 1.35 bits per heavy atom. The van der Waals surface area contributed by atoms with Crippen molar-refractivity contribution in [3.8, 4) is 0 Å². The third kappa shape index (κ3) is 2.33. The molecule has 2 heterocycles. The van der Waals surface area contributed by atoms with E-state index >= 15 is 0 Å². The second-order valence-electron chi connectivity index (χ2n) is 4.79. The summed E-state index contributed by atoms with van der Waals surface area (Å²) in [6.45, 7) is 3.36. The van der Waals surface area contributed by atoms with E-state index in [2.05, 4.69) is 0 Å². The lowest BCUT2D eigenvalue weighted by Gasteiger charge is -2.27. The second kappa shape index (κ2) is 4.79. The first-order chi connectivity index (χ1) is 8.00. The van der Waals surface area contributed by atoms with E-state index in [0.29, 0.717) is 6.42 Å². The van der Waals surface area contributed by atoms with Crippen LogP contribution in [0.4, 0.5) is 0 Å². The van der Waals surface area contributed by atoms with E-state index < -0.39 is 43.1 Å². The SMILES string of the molecule is CCCC1(C)O[C@H]2O[C@H]([C@H](O)CO)[C@H](O)[C@H]2O1. The zero-order valence-corrected chi connectivity index (χ0v) is 10.1. The third-order valence-electron chi connectivity index (χ3n) is 3.25. The topological polar surface area (TPSA) is 88.4 Å². The van der Waals surface area contributed by atoms with Crippen molar-refractivity contribution >= 4 is 0 Å². The molecule has 17 heavy (non-hydrogen) atoms. The van der Waals surface area contributed by atoms with Crippen LogP contribution >= 0.6 is 0 Å². The number of rotatable bonds is 4. The molecule has 2 rings (SSSR count). The number of hydrogen-bond donors (Lipinski definition) is 3. The Kier molecular flexibility index (Phi) is 3.72. The third-order valence-corrected chi connectivity index (χ3v) is 3.25. The molecule has 2 aliphatic rings. The summed E-state index contributed by atoms with van der Waals surface area (Å²) in [6.07, 6.45) is -2.63. The molecule has 6 nitrogen and oxygen atoms in total. The van der Waals surface area contributed by atoms with Crippen LogP contribution in [0.3, 0.4) is 0 Å². The van der Waals surface area contributed by atoms with Crippen LogP contribution in [0.5, 0.6) is 0 Å². The fourth-order valence-corrected chi connectivity index (χ4v) is 2.44. The Morgan fingerprint density at radius 3 is 2.59 bits per heavy atom. The van der Waals surface area contributed by atoms with Crippen molar-refractivity contribution in [2.45, 2.75) is 63.2 Å². The molecule has 0 saturated carbocycles. The van der Waals surface area contributed by atoms with Gasteiger partial charge in [0.2, 0.25) is 0 Å². The lowest BCUT2D eigenvalue weighted by Crippen LogP contribution is -2.42. The van der Waals surface area contributed by atoms with Crippen LogP contribution in [0.15, 0.2) is 0 Å². The predicted octanol–water partition coefficient (Wildman–Crippen LogP) is -0.643. The molecule has 100 valence electrons. The predicted molar refractivity (Wildman–Crippen MR) is 57.0 cm³/mol. The number of ether oxygens (including phenoxy) is 3. The average molecular weight is 248 g/mol. The molecule has 2 aliphatic heterocycles. The Morgan fingerprint density at radius 2 is 2.06 bits per heavy atom. The summed E-state index contributed by atoms with van der Waals surface area (Å²) < 4.78 is 16.7. The van der Waals surface area contributed by atoms with E-state index in [4.69, 9.17) is 19.3 Å². The van der Waals surface area contributed by atoms with Gasteiger partial charge in [-0.15, -0.1) is 0 Å². The van der Waals surface area contributed by atoms with Crippen LogP contribution < -0.4 is 0 Å². The van der Waals surface area contributed by atoms with Crippen molar-refractivity contribution in [2.24, 2.45) is 0 Å². The molecule has 0 bridgehead atoms. The molecular formula is C11H20O6. The molecule has 0 aromatic rings. The van der Waals surface area contributed by atoms with Gasteiger partial charge in [-0.3, -0.25) is 0 Å². The van der Waals surface area contributed by atoms with Crippen LogP contribution in [-0.2, 0) is 14.2 Å². The molecule has 2 fully saturated rings. The molecule has 0 aliphatic carbocycles. The van der Waals surface area contributed by atoms with Gasteiger partial charge < -0.3 is 29.5 Å². The van der Waals surface area contributed by atoms with Crippen molar-refractivity contribution in [3.05, 3.63) is 0 Å². The van der Waals surface area contributed by atoms with Crippen molar-refractivity contribution in [3.63, 3.8) is 0 Å². The van der Waals surface area contributed by atoms with Crippen molar-refractivity contribution in [2.75, 3.05) is 6.61 Å². The summed E-state index contributed by atoms with van der Waals surface area (Å²) in [4.78, 5) is 0. The minimum atomic E-state index is -1.12. The highest BCUT2D eigenvalue weighted by Gasteiger charge is 2.56. The number of aliphatic hydroxyl groups excluding tert-OH is 3. The smallest absolute Gasteiger partial charge is 0.190 e. The van der Waals surface area contributed by atoms with E-state index in [-0.39, 0.29) is 0 Å². The van der Waals surface area contributed by atoms with Crippen LogP contribution in [0.2, 0.25) is 0 Å². The molecule has 2 saturated heterocycles. The maximum atomic E-state index is 9.96. The van der Waals surface area contributed by atoms with Gasteiger partial charge in [-0.1, -0.05) is 13.3 Å². The first-order valence-electron chi connectivity index (χ1n) is 5.99. The Hall–Kier alpha value is -0.240. The molecule has 6 atom stereocenters. The first kappa shape index (κ1) is 13.2. The molecule has 0 radical (unpaired) electrons. The van der Waals surface area contributed by atoms with Crippen LogP contribution in [0, 0.1) is 0 Å². The van der Waals surface area contributed by atoms with E-state index in [0.717, 1.165) is 6.42 Å². The van der Waals surface area contributed by atoms with Gasteiger partial charge in [0, 0.05) is 6.42 Å². The summed E-state index contributed by atoms with van der Waals surface area (Å²) >= 11 is 0. The Balaban J connectivity index is 2.01. The number of hydrogen-bond acceptors (Lipinski definition) is 6. The van der Waals surface area contributed by atoms with Gasteiger partial charge in [-0.25, -0.2) is 0 Å². The van der Waals surface area contributed by atoms with Crippen molar-refractivity contribution < 1.29 is 29.5 Å². The largest absolute Gasteiger partial charge is 0.394 e. The summed E-state index contributed by atoms with van der Waals surface area (Å²) in [7, 11) is 0. The van der Waals surface area contributed by atoms with Crippen molar-refractivity contribution in [1.82, 2.24) is 0 Å². The monoisotopic (exact) mass is 248 g/mol. The van der Waals surface area contributed by atoms with Crippen LogP contribution in [-0.4, -0.2) is 58.4 Å². The highest BCUT2D eigenvalue weighted by molar-refractivity contribution is 4.96. The van der Waals surface area contributed by atoms with Gasteiger partial charge in [0.15, 0.2) is 12.1 Å². The highest BCUT2D eigenvalue weighted by Crippen LogP contribution is 2.40. The van der Waals surface area contributed by atoms with E-state index in [1.165, 1.54) is 0 Å². The fourth-order valence-electron chi connectivity index (χ4n) is 2.44. The quantitative estimate of drug-likeness (QED) is 0.613. The second-order valence-corrected chi connectivity index (χ2v) is 4.79. The molecule has 0 aromatic carbocycles. The van der Waals surface area contributed by atoms with Crippen LogP contribution in [0.25, 0.3) is 0 Å². The summed E-state index contributed by atoms with van der Waals surface area (Å²) in [5.41, 5.74) is 0. The maximum Gasteiger partial charge on any atom is 0.190 e. The van der Waals surface area contributed by atoms with Gasteiger partial charge in [0.05, 0.1) is 6.61 Å². The number of aliphatic hydroxyl groups is 3. The van der Waals surface area contributed by atoms with Gasteiger partial charge >= 0.3 is 0 Å². The Bertz CT molecular complexity index is 273. The molecular weight excluding hydrogens is 228 g/mol. The summed E-state index contributed by atoms with van der Waals surface area (Å²) in [6, 6.07) is 0. The molecule has 3 N–H and O–H groups in total. The molecule has 0 amide bonds. The highest BCUT2D eigenvalue weighted by atomic mass is 16.8. The van der Waals surface area contributed by atoms with Gasteiger partial charge in [0.1, 0.15) is 24.4 Å². The van der Waals surface area contributed by atoms with Gasteiger partial charge in [0.25, 0.3) is 0 Å². The molecule has 0 spiro atoms. The first-order valence-corrected chi connectivity index (χ1v) is 5.99. The average Bonchev–Trinajstić information content (AvgIpc) is 2.74. The van der Waals surface area contributed by atoms with Crippen LogP contribution in [0.1, 0.15) is 26.7 Å². The molecule has 1 unspecified atom stereocenters. The van der Waals surface area contributed by atoms with Gasteiger partial charge in [-0.05, 0) is 6.92 Å². The lowest BCUT2D eigenvalue weighted by atomic mass is 10.1. The van der Waals surface area contributed by atoms with Crippen molar-refractivity contribution in [1.29, 1.82) is 0 Å². The van der Waals surface area contributed by atoms with Gasteiger partial charge in [-0.2, -0.15) is 0 Å². The fraction of sp³-hybridized carbons (Fsp3) is 1.00. The Labute approximate surface area is 100 Å². The minimum Gasteiger partial charge on any atom is -0.394 e. The molecule has 0 aromatic heterocycles. The molecule has 6 heteroatoms. The zero-order chi connectivity index (χ0) is 12.6. The maximum absolute atomic E-state index is 9.96. The van der Waals surface area contributed by atoms with E-state index in [1.54, 1.807) is 0 Å². The summed E-state index contributed by atoms with van der Waals surface area (Å²) in [5.74, 6) is -0.736. The standard InChI is InChI=1S/C11H20O6/c1-3-4-11(2)16-9-7(14)8(6(13)5-12)15-10(9)17-11/h6-10,12-14H,3-5H2,1-2H3/t6-,7+,8-,9-,10-,11?/m1/s1. The lowest BCUT2D eigenvalue weighted by molar-refractivity contribution is -0.238. The van der Waals surface area contributed by atoms with E-state index in [9.17, 15) is 10.2 Å².